The van der Waals surface area contributed by atoms with E-state index in [9.17, 15) is 9.59 Å². The third-order valence-corrected chi connectivity index (χ3v) is 4.77. The molecule has 29 heavy (non-hydrogen) atoms. The lowest BCUT2D eigenvalue weighted by Gasteiger charge is -2.16. The van der Waals surface area contributed by atoms with Gasteiger partial charge in [-0.05, 0) is 43.2 Å². The number of benzene rings is 3. The van der Waals surface area contributed by atoms with Gasteiger partial charge in [0.2, 0.25) is 0 Å². The van der Waals surface area contributed by atoms with Crippen LogP contribution in [0.5, 0.6) is 0 Å². The second kappa shape index (κ2) is 9.06. The summed E-state index contributed by atoms with van der Waals surface area (Å²) in [6.07, 6.45) is 0. The summed E-state index contributed by atoms with van der Waals surface area (Å²) in [5.74, 6) is -0.558. The van der Waals surface area contributed by atoms with Gasteiger partial charge in [0.25, 0.3) is 11.8 Å². The van der Waals surface area contributed by atoms with Crippen LogP contribution in [0.3, 0.4) is 0 Å². The van der Waals surface area contributed by atoms with Gasteiger partial charge in [-0.3, -0.25) is 9.59 Å². The third-order valence-electron chi connectivity index (χ3n) is 4.77. The smallest absolute Gasteiger partial charge is 0.251 e. The molecule has 4 N–H and O–H groups in total. The van der Waals surface area contributed by atoms with E-state index in [2.05, 4.69) is 10.6 Å². The van der Waals surface area contributed by atoms with Gasteiger partial charge < -0.3 is 16.4 Å². The molecule has 0 heterocycles. The lowest BCUT2D eigenvalue weighted by molar-refractivity contribution is 0.0939. The van der Waals surface area contributed by atoms with Crippen LogP contribution in [-0.2, 0) is 0 Å². The zero-order valence-corrected chi connectivity index (χ0v) is 16.6. The Kier molecular flexibility index (Phi) is 6.29. The van der Waals surface area contributed by atoms with E-state index in [1.165, 1.54) is 0 Å². The summed E-state index contributed by atoms with van der Waals surface area (Å²) in [5.41, 5.74) is 9.03. The van der Waals surface area contributed by atoms with Gasteiger partial charge in [0.05, 0.1) is 12.1 Å². The number of carbonyl (C=O) groups excluding carboxylic acids is 2. The Morgan fingerprint density at radius 2 is 1.07 bits per heavy atom. The molecule has 2 amide bonds. The molecule has 5 heteroatoms. The fourth-order valence-electron chi connectivity index (χ4n) is 3.12. The van der Waals surface area contributed by atoms with E-state index < -0.39 is 0 Å². The minimum Gasteiger partial charge on any atom is -0.399 e. The fourth-order valence-corrected chi connectivity index (χ4v) is 3.12. The van der Waals surface area contributed by atoms with Gasteiger partial charge in [-0.15, -0.1) is 0 Å². The van der Waals surface area contributed by atoms with Crippen LogP contribution in [0.25, 0.3) is 0 Å². The van der Waals surface area contributed by atoms with E-state index in [1.54, 1.807) is 18.2 Å². The molecule has 0 saturated carbocycles. The van der Waals surface area contributed by atoms with E-state index in [-0.39, 0.29) is 23.9 Å². The SMILES string of the molecule is C[C@H](NC(=O)c1cc(N)cc(C(=O)N[C@@H](C)c2ccccc2)c1)c1ccccc1. The lowest BCUT2D eigenvalue weighted by atomic mass is 10.0. The van der Waals surface area contributed by atoms with Gasteiger partial charge in [0, 0.05) is 16.8 Å². The summed E-state index contributed by atoms with van der Waals surface area (Å²) >= 11 is 0. The molecular formula is C24H25N3O2. The number of anilines is 1. The van der Waals surface area contributed by atoms with Crippen LogP contribution in [0.15, 0.2) is 78.9 Å². The zero-order chi connectivity index (χ0) is 20.8. The molecule has 0 aliphatic carbocycles. The Bertz CT molecular complexity index is 910. The van der Waals surface area contributed by atoms with Crippen LogP contribution in [0.1, 0.15) is 57.8 Å². The fraction of sp³-hybridized carbons (Fsp3) is 0.167. The summed E-state index contributed by atoms with van der Waals surface area (Å²) in [6, 6.07) is 23.7. The molecule has 3 aromatic carbocycles. The number of hydrogen-bond donors (Lipinski definition) is 3. The number of nitrogen functional groups attached to an aromatic ring is 1. The monoisotopic (exact) mass is 387 g/mol. The summed E-state index contributed by atoms with van der Waals surface area (Å²) in [6.45, 7) is 3.82. The van der Waals surface area contributed by atoms with E-state index in [4.69, 9.17) is 5.73 Å². The van der Waals surface area contributed by atoms with Gasteiger partial charge in [-0.25, -0.2) is 0 Å². The second-order valence-electron chi connectivity index (χ2n) is 7.06. The van der Waals surface area contributed by atoms with Crippen molar-refractivity contribution in [1.82, 2.24) is 10.6 Å². The summed E-state index contributed by atoms with van der Waals surface area (Å²) in [4.78, 5) is 25.4. The molecule has 0 aliphatic heterocycles. The molecule has 2 atom stereocenters. The highest BCUT2D eigenvalue weighted by Crippen LogP contribution is 2.17. The summed E-state index contributed by atoms with van der Waals surface area (Å²) in [7, 11) is 0. The largest absolute Gasteiger partial charge is 0.399 e. The van der Waals surface area contributed by atoms with Gasteiger partial charge in [0.15, 0.2) is 0 Å². The molecule has 0 unspecified atom stereocenters. The second-order valence-corrected chi connectivity index (χ2v) is 7.06. The highest BCUT2D eigenvalue weighted by atomic mass is 16.2. The number of carbonyl (C=O) groups is 2. The molecule has 0 aromatic heterocycles. The topological polar surface area (TPSA) is 84.2 Å². The van der Waals surface area contributed by atoms with Crippen molar-refractivity contribution in [1.29, 1.82) is 0 Å². The summed E-state index contributed by atoms with van der Waals surface area (Å²) < 4.78 is 0. The first-order valence-corrected chi connectivity index (χ1v) is 9.56. The van der Waals surface area contributed by atoms with Gasteiger partial charge in [-0.2, -0.15) is 0 Å². The van der Waals surface area contributed by atoms with E-state index in [0.717, 1.165) is 11.1 Å². The van der Waals surface area contributed by atoms with Gasteiger partial charge in [-0.1, -0.05) is 60.7 Å². The molecule has 3 aromatic rings. The quantitative estimate of drug-likeness (QED) is 0.553. The van der Waals surface area contributed by atoms with E-state index in [0.29, 0.717) is 16.8 Å². The Labute approximate surface area is 170 Å². The molecule has 0 aliphatic rings. The summed E-state index contributed by atoms with van der Waals surface area (Å²) in [5, 5.41) is 5.89. The van der Waals surface area contributed by atoms with Gasteiger partial charge in [0.1, 0.15) is 0 Å². The van der Waals surface area contributed by atoms with Crippen molar-refractivity contribution in [3.63, 3.8) is 0 Å². The Balaban J connectivity index is 1.73. The number of hydrogen-bond acceptors (Lipinski definition) is 3. The van der Waals surface area contributed by atoms with Crippen molar-refractivity contribution in [3.05, 3.63) is 101 Å². The molecule has 148 valence electrons. The first-order chi connectivity index (χ1) is 13.9. The standard InChI is InChI=1S/C24H25N3O2/c1-16(18-9-5-3-6-10-18)26-23(28)20-13-21(15-22(25)14-20)24(29)27-17(2)19-11-7-4-8-12-19/h3-17H,25H2,1-2H3,(H,26,28)(H,27,29)/t16-,17-/m0/s1. The van der Waals surface area contributed by atoms with Crippen LogP contribution >= 0.6 is 0 Å². The number of amides is 2. The van der Waals surface area contributed by atoms with Crippen LogP contribution in [0, 0.1) is 0 Å². The van der Waals surface area contributed by atoms with Crippen LogP contribution < -0.4 is 16.4 Å². The molecule has 0 radical (unpaired) electrons. The van der Waals surface area contributed by atoms with Crippen LogP contribution in [0.4, 0.5) is 5.69 Å². The normalized spacial score (nSPS) is 12.6. The van der Waals surface area contributed by atoms with Crippen LogP contribution in [0.2, 0.25) is 0 Å². The highest BCUT2D eigenvalue weighted by Gasteiger charge is 2.16. The van der Waals surface area contributed by atoms with Crippen molar-refractivity contribution in [3.8, 4) is 0 Å². The third kappa shape index (κ3) is 5.23. The van der Waals surface area contributed by atoms with Gasteiger partial charge >= 0.3 is 0 Å². The first-order valence-electron chi connectivity index (χ1n) is 9.56. The minimum absolute atomic E-state index is 0.166. The molecule has 0 saturated heterocycles. The molecule has 3 rings (SSSR count). The average Bonchev–Trinajstić information content (AvgIpc) is 2.74. The average molecular weight is 387 g/mol. The van der Waals surface area contributed by atoms with Crippen molar-refractivity contribution < 1.29 is 9.59 Å². The molecule has 5 nitrogen and oxygen atoms in total. The predicted molar refractivity (Wildman–Crippen MR) is 116 cm³/mol. The van der Waals surface area contributed by atoms with Crippen molar-refractivity contribution in [2.45, 2.75) is 25.9 Å². The Morgan fingerprint density at radius 1 is 0.690 bits per heavy atom. The highest BCUT2D eigenvalue weighted by molar-refractivity contribution is 6.01. The Hall–Kier alpha value is -3.60. The van der Waals surface area contributed by atoms with Crippen molar-refractivity contribution in [2.24, 2.45) is 0 Å². The van der Waals surface area contributed by atoms with Crippen molar-refractivity contribution >= 4 is 17.5 Å². The lowest BCUT2D eigenvalue weighted by Crippen LogP contribution is -2.29. The number of nitrogens with two attached hydrogens (primary N) is 1. The van der Waals surface area contributed by atoms with Crippen LogP contribution in [-0.4, -0.2) is 11.8 Å². The molecule has 0 bridgehead atoms. The molecule has 0 fully saturated rings. The van der Waals surface area contributed by atoms with E-state index in [1.807, 2.05) is 74.5 Å². The first kappa shape index (κ1) is 20.1. The molecular weight excluding hydrogens is 362 g/mol. The molecule has 0 spiro atoms. The predicted octanol–water partition coefficient (Wildman–Crippen LogP) is 4.25. The maximum Gasteiger partial charge on any atom is 0.251 e. The maximum absolute atomic E-state index is 12.7. The zero-order valence-electron chi connectivity index (χ0n) is 16.6. The van der Waals surface area contributed by atoms with Crippen molar-refractivity contribution in [2.75, 3.05) is 5.73 Å². The maximum atomic E-state index is 12.7. The number of nitrogens with one attached hydrogen (secondary N) is 2. The van der Waals surface area contributed by atoms with E-state index >= 15 is 0 Å². The minimum atomic E-state index is -0.279. The Morgan fingerprint density at radius 3 is 1.45 bits per heavy atom. The number of rotatable bonds is 6.